The van der Waals surface area contributed by atoms with Crippen LogP contribution in [-0.4, -0.2) is 44.1 Å². The number of dihydropyridines is 1. The van der Waals surface area contributed by atoms with Gasteiger partial charge in [0.2, 0.25) is 0 Å². The normalized spacial score (nSPS) is 19.3. The van der Waals surface area contributed by atoms with E-state index in [4.69, 9.17) is 14.2 Å². The molecule has 0 saturated carbocycles. The van der Waals surface area contributed by atoms with E-state index >= 15 is 0 Å². The first-order valence-electron chi connectivity index (χ1n) is 12.7. The molecule has 0 spiro atoms. The zero-order chi connectivity index (χ0) is 26.5. The molecule has 1 heterocycles. The second kappa shape index (κ2) is 11.9. The summed E-state index contributed by atoms with van der Waals surface area (Å²) in [5, 5.41) is 3.43. The number of carbonyl (C=O) groups excluding carboxylic acids is 2. The molecule has 6 nitrogen and oxygen atoms in total. The first kappa shape index (κ1) is 26.9. The molecule has 37 heavy (non-hydrogen) atoms. The Morgan fingerprint density at radius 3 is 2.51 bits per heavy atom. The number of hydrogen-bond acceptors (Lipinski definition) is 7. The Labute approximate surface area is 223 Å². The number of methoxy groups -OCH3 is 2. The van der Waals surface area contributed by atoms with Crippen LogP contribution in [0.1, 0.15) is 55.2 Å². The lowest BCUT2D eigenvalue weighted by Gasteiger charge is -2.37. The van der Waals surface area contributed by atoms with Gasteiger partial charge in [0.05, 0.1) is 19.8 Å². The number of Topliss-reactive ketones (excluding diaryl/α,β-unsaturated/α-hetero) is 1. The number of ether oxygens (including phenoxy) is 3. The summed E-state index contributed by atoms with van der Waals surface area (Å²) in [6, 6.07) is 13.8. The van der Waals surface area contributed by atoms with E-state index in [0.717, 1.165) is 39.6 Å². The van der Waals surface area contributed by atoms with E-state index in [9.17, 15) is 9.59 Å². The fraction of sp³-hybridized carbons (Fsp3) is 0.400. The van der Waals surface area contributed by atoms with Gasteiger partial charge >= 0.3 is 5.97 Å². The van der Waals surface area contributed by atoms with Crippen LogP contribution < -0.4 is 14.8 Å². The first-order chi connectivity index (χ1) is 17.9. The average molecular weight is 522 g/mol. The molecule has 0 bridgehead atoms. The molecule has 2 aromatic carbocycles. The van der Waals surface area contributed by atoms with Gasteiger partial charge in [-0.05, 0) is 60.8 Å². The van der Waals surface area contributed by atoms with Gasteiger partial charge < -0.3 is 19.5 Å². The number of hydrogen-bond donors (Lipinski definition) is 1. The van der Waals surface area contributed by atoms with E-state index in [2.05, 4.69) is 12.2 Å². The van der Waals surface area contributed by atoms with E-state index in [0.29, 0.717) is 42.1 Å². The summed E-state index contributed by atoms with van der Waals surface area (Å²) < 4.78 is 16.6. The first-order valence-corrected chi connectivity index (χ1v) is 13.8. The highest BCUT2D eigenvalue weighted by Gasteiger charge is 2.42. The molecule has 0 amide bonds. The molecule has 1 aliphatic carbocycles. The molecule has 0 saturated heterocycles. The van der Waals surface area contributed by atoms with Crippen molar-refractivity contribution >= 4 is 23.5 Å². The van der Waals surface area contributed by atoms with Crippen molar-refractivity contribution in [3.63, 3.8) is 0 Å². The van der Waals surface area contributed by atoms with Crippen LogP contribution in [-0.2, 0) is 14.3 Å². The zero-order valence-electron chi connectivity index (χ0n) is 22.2. The predicted octanol–water partition coefficient (Wildman–Crippen LogP) is 5.67. The van der Waals surface area contributed by atoms with Crippen molar-refractivity contribution in [3.8, 4) is 11.5 Å². The number of ketones is 1. The van der Waals surface area contributed by atoms with Gasteiger partial charge in [-0.1, -0.05) is 37.3 Å². The minimum absolute atomic E-state index is 0.0107. The van der Waals surface area contributed by atoms with Gasteiger partial charge in [-0.15, -0.1) is 0 Å². The highest BCUT2D eigenvalue weighted by Crippen LogP contribution is 2.47. The Balaban J connectivity index is 1.72. The van der Waals surface area contributed by atoms with E-state index < -0.39 is 5.92 Å². The zero-order valence-corrected chi connectivity index (χ0v) is 23.0. The van der Waals surface area contributed by atoms with Crippen LogP contribution in [0.4, 0.5) is 0 Å². The Bertz CT molecular complexity index is 1250. The van der Waals surface area contributed by atoms with E-state index in [1.807, 2.05) is 56.3 Å². The Kier molecular flexibility index (Phi) is 8.64. The number of aryl methyl sites for hydroxylation is 1. The second-order valence-corrected chi connectivity index (χ2v) is 10.7. The van der Waals surface area contributed by atoms with Crippen LogP contribution in [0, 0.1) is 6.92 Å². The molecule has 1 aliphatic heterocycles. The molecule has 0 aromatic heterocycles. The summed E-state index contributed by atoms with van der Waals surface area (Å²) in [5.74, 6) is 2.23. The van der Waals surface area contributed by atoms with Crippen LogP contribution in [0.2, 0.25) is 0 Å². The largest absolute Gasteiger partial charge is 0.493 e. The number of rotatable bonds is 9. The molecule has 0 unspecified atom stereocenters. The Morgan fingerprint density at radius 1 is 1.05 bits per heavy atom. The van der Waals surface area contributed by atoms with Gasteiger partial charge in [0.25, 0.3) is 0 Å². The third kappa shape index (κ3) is 5.57. The number of benzene rings is 2. The van der Waals surface area contributed by atoms with Gasteiger partial charge in [-0.3, -0.25) is 4.79 Å². The van der Waals surface area contributed by atoms with Crippen molar-refractivity contribution in [1.29, 1.82) is 0 Å². The summed E-state index contributed by atoms with van der Waals surface area (Å²) in [4.78, 5) is 27.2. The summed E-state index contributed by atoms with van der Waals surface area (Å²) in [6.45, 7) is 6.34. The fourth-order valence-electron chi connectivity index (χ4n) is 5.29. The van der Waals surface area contributed by atoms with E-state index in [1.54, 1.807) is 26.0 Å². The summed E-state index contributed by atoms with van der Waals surface area (Å²) in [5.41, 5.74) is 5.83. The molecular formula is C30H35NO5S. The number of allylic oxidation sites excluding steroid dienone is 3. The molecular weight excluding hydrogens is 486 g/mol. The number of carbonyl (C=O) groups is 2. The Hall–Kier alpha value is -3.19. The van der Waals surface area contributed by atoms with Crippen LogP contribution in [0.25, 0.3) is 0 Å². The highest BCUT2D eigenvalue weighted by molar-refractivity contribution is 7.99. The van der Waals surface area contributed by atoms with Gasteiger partial charge in [-0.25, -0.2) is 4.79 Å². The number of thioether (sulfide) groups is 1. The van der Waals surface area contributed by atoms with Crippen molar-refractivity contribution < 1.29 is 23.8 Å². The lowest BCUT2D eigenvalue weighted by atomic mass is 9.71. The van der Waals surface area contributed by atoms with Gasteiger partial charge in [0, 0.05) is 35.1 Å². The minimum Gasteiger partial charge on any atom is -0.493 e. The summed E-state index contributed by atoms with van der Waals surface area (Å²) in [6.07, 6.45) is 1.01. The SMILES string of the molecule is CCSCCOC(=O)C1=C(C)NC2=C(C(=O)C[C@H](c3ccc(OC)c(OC)c3)C2)[C@H]1c1ccccc1C. The van der Waals surface area contributed by atoms with E-state index in [-0.39, 0.29) is 17.7 Å². The van der Waals surface area contributed by atoms with Crippen molar-refractivity contribution in [2.24, 2.45) is 0 Å². The van der Waals surface area contributed by atoms with E-state index in [1.165, 1.54) is 0 Å². The summed E-state index contributed by atoms with van der Waals surface area (Å²) in [7, 11) is 3.22. The molecule has 2 aliphatic rings. The van der Waals surface area contributed by atoms with Crippen LogP contribution in [0.15, 0.2) is 65.0 Å². The van der Waals surface area contributed by atoms with Gasteiger partial charge in [0.15, 0.2) is 17.3 Å². The smallest absolute Gasteiger partial charge is 0.336 e. The van der Waals surface area contributed by atoms with Crippen LogP contribution in [0.5, 0.6) is 11.5 Å². The molecule has 0 fully saturated rings. The molecule has 0 radical (unpaired) electrons. The molecule has 2 aromatic rings. The Morgan fingerprint density at radius 2 is 1.81 bits per heavy atom. The highest BCUT2D eigenvalue weighted by atomic mass is 32.2. The van der Waals surface area contributed by atoms with Crippen LogP contribution >= 0.6 is 11.8 Å². The maximum atomic E-state index is 13.8. The second-order valence-electron chi connectivity index (χ2n) is 9.32. The molecule has 2 atom stereocenters. The van der Waals surface area contributed by atoms with Crippen molar-refractivity contribution in [2.45, 2.75) is 45.4 Å². The van der Waals surface area contributed by atoms with Crippen molar-refractivity contribution in [2.75, 3.05) is 32.3 Å². The lowest BCUT2D eigenvalue weighted by Crippen LogP contribution is -2.36. The van der Waals surface area contributed by atoms with Gasteiger partial charge in [0.1, 0.15) is 6.61 Å². The lowest BCUT2D eigenvalue weighted by molar-refractivity contribution is -0.138. The third-order valence-electron chi connectivity index (χ3n) is 7.09. The van der Waals surface area contributed by atoms with Crippen molar-refractivity contribution in [3.05, 3.63) is 81.7 Å². The fourth-order valence-corrected chi connectivity index (χ4v) is 5.78. The monoisotopic (exact) mass is 521 g/mol. The predicted molar refractivity (Wildman–Crippen MR) is 147 cm³/mol. The quantitative estimate of drug-likeness (QED) is 0.337. The standard InChI is InChI=1S/C30H35NO5S/c1-6-37-14-13-36-30(33)27-19(3)31-23-15-21(20-11-12-25(34-4)26(17-20)35-5)16-24(32)29(23)28(27)22-10-8-7-9-18(22)2/h7-12,17,21,28,31H,6,13-16H2,1-5H3/t21-,28+/m1/s1. The third-order valence-corrected chi connectivity index (χ3v) is 7.95. The molecule has 196 valence electrons. The maximum absolute atomic E-state index is 13.8. The molecule has 4 rings (SSSR count). The average Bonchev–Trinajstić information content (AvgIpc) is 2.90. The van der Waals surface area contributed by atoms with Crippen LogP contribution in [0.3, 0.4) is 0 Å². The van der Waals surface area contributed by atoms with Crippen molar-refractivity contribution in [1.82, 2.24) is 5.32 Å². The number of nitrogens with one attached hydrogen (secondary N) is 1. The van der Waals surface area contributed by atoms with Gasteiger partial charge in [-0.2, -0.15) is 11.8 Å². The number of esters is 1. The minimum atomic E-state index is -0.456. The summed E-state index contributed by atoms with van der Waals surface area (Å²) >= 11 is 1.73. The topological polar surface area (TPSA) is 73.9 Å². The maximum Gasteiger partial charge on any atom is 0.336 e. The molecule has 1 N–H and O–H groups in total. The molecule has 7 heteroatoms.